The van der Waals surface area contributed by atoms with Crippen LogP contribution in [-0.2, 0) is 19.5 Å². The predicted molar refractivity (Wildman–Crippen MR) is 139 cm³/mol. The number of methoxy groups -OCH3 is 1. The van der Waals surface area contributed by atoms with E-state index < -0.39 is 0 Å². The number of aliphatic imine (C=N–C) groups is 1. The van der Waals surface area contributed by atoms with Gasteiger partial charge in [0.2, 0.25) is 0 Å². The number of ether oxygens (including phenoxy) is 1. The van der Waals surface area contributed by atoms with Gasteiger partial charge in [0.05, 0.1) is 13.4 Å². The Labute approximate surface area is 211 Å². The number of benzene rings is 1. The van der Waals surface area contributed by atoms with Gasteiger partial charge in [-0.05, 0) is 24.3 Å². The van der Waals surface area contributed by atoms with Crippen molar-refractivity contribution in [3.63, 3.8) is 0 Å². The molecule has 3 heterocycles. The van der Waals surface area contributed by atoms with Crippen molar-refractivity contribution >= 4 is 35.6 Å². The van der Waals surface area contributed by atoms with Gasteiger partial charge in [0.15, 0.2) is 5.96 Å². The summed E-state index contributed by atoms with van der Waals surface area (Å²) in [4.78, 5) is 9.53. The summed E-state index contributed by atoms with van der Waals surface area (Å²) in [7, 11) is 1.70. The number of guanidine groups is 1. The molecule has 178 valence electrons. The third kappa shape index (κ3) is 6.62. The highest BCUT2D eigenvalue weighted by Gasteiger charge is 2.20. The number of furan rings is 1. The van der Waals surface area contributed by atoms with Gasteiger partial charge in [-0.15, -0.1) is 34.2 Å². The van der Waals surface area contributed by atoms with Crippen LogP contribution in [0.4, 0.5) is 5.69 Å². The van der Waals surface area contributed by atoms with Crippen LogP contribution in [0.25, 0.3) is 0 Å². The summed E-state index contributed by atoms with van der Waals surface area (Å²) < 4.78 is 12.9. The van der Waals surface area contributed by atoms with E-state index in [9.17, 15) is 0 Å². The lowest BCUT2D eigenvalue weighted by atomic mass is 10.2. The van der Waals surface area contributed by atoms with Gasteiger partial charge in [-0.3, -0.25) is 0 Å². The van der Waals surface area contributed by atoms with Gasteiger partial charge in [0.25, 0.3) is 0 Å². The molecule has 0 spiro atoms. The second-order valence-electron chi connectivity index (χ2n) is 7.62. The fourth-order valence-corrected chi connectivity index (χ4v) is 3.83. The SMILES string of the molecule is CCc1nncn1CCNC(=NCc1ccco1)N1CCN(c2cccc(OC)c2)CC1.I. The number of aryl methyl sites for hydroxylation is 1. The van der Waals surface area contributed by atoms with Crippen LogP contribution < -0.4 is 15.0 Å². The van der Waals surface area contributed by atoms with Crippen LogP contribution in [0.3, 0.4) is 0 Å². The van der Waals surface area contributed by atoms with E-state index in [1.807, 2.05) is 24.3 Å². The summed E-state index contributed by atoms with van der Waals surface area (Å²) in [6, 6.07) is 12.1. The first kappa shape index (κ1) is 24.9. The maximum atomic E-state index is 5.47. The van der Waals surface area contributed by atoms with Crippen molar-refractivity contribution in [1.29, 1.82) is 0 Å². The molecular formula is C23H32IN7O2. The van der Waals surface area contributed by atoms with Crippen molar-refractivity contribution in [2.75, 3.05) is 44.7 Å². The normalized spacial score (nSPS) is 14.2. The molecular weight excluding hydrogens is 533 g/mol. The molecule has 2 aromatic heterocycles. The maximum Gasteiger partial charge on any atom is 0.194 e. The van der Waals surface area contributed by atoms with E-state index >= 15 is 0 Å². The monoisotopic (exact) mass is 565 g/mol. The second-order valence-corrected chi connectivity index (χ2v) is 7.62. The molecule has 0 atom stereocenters. The van der Waals surface area contributed by atoms with Crippen LogP contribution in [0, 0.1) is 0 Å². The van der Waals surface area contributed by atoms with E-state index in [0.29, 0.717) is 6.54 Å². The molecule has 1 aromatic carbocycles. The summed E-state index contributed by atoms with van der Waals surface area (Å²) in [6.07, 6.45) is 4.34. The molecule has 1 saturated heterocycles. The van der Waals surface area contributed by atoms with Crippen LogP contribution in [0.5, 0.6) is 5.75 Å². The molecule has 0 unspecified atom stereocenters. The lowest BCUT2D eigenvalue weighted by molar-refractivity contribution is 0.369. The largest absolute Gasteiger partial charge is 0.497 e. The third-order valence-electron chi connectivity index (χ3n) is 5.61. The Balaban J connectivity index is 0.00000306. The Morgan fingerprint density at radius 1 is 1.18 bits per heavy atom. The number of piperazine rings is 1. The molecule has 0 radical (unpaired) electrons. The summed E-state index contributed by atoms with van der Waals surface area (Å²) in [5.74, 6) is 3.63. The first-order chi connectivity index (χ1) is 15.8. The quantitative estimate of drug-likeness (QED) is 0.256. The average molecular weight is 565 g/mol. The summed E-state index contributed by atoms with van der Waals surface area (Å²) in [6.45, 7) is 7.74. The molecule has 3 aromatic rings. The van der Waals surface area contributed by atoms with Crippen LogP contribution in [0.1, 0.15) is 18.5 Å². The Hall–Kier alpha value is -2.76. The zero-order valence-corrected chi connectivity index (χ0v) is 21.5. The highest BCUT2D eigenvalue weighted by Crippen LogP contribution is 2.22. The molecule has 0 aliphatic carbocycles. The fourth-order valence-electron chi connectivity index (χ4n) is 3.83. The van der Waals surface area contributed by atoms with Gasteiger partial charge in [-0.1, -0.05) is 13.0 Å². The van der Waals surface area contributed by atoms with Gasteiger partial charge < -0.3 is 28.8 Å². The van der Waals surface area contributed by atoms with Gasteiger partial charge in [-0.25, -0.2) is 4.99 Å². The van der Waals surface area contributed by atoms with Crippen molar-refractivity contribution < 1.29 is 9.15 Å². The molecule has 10 heteroatoms. The van der Waals surface area contributed by atoms with Crippen LogP contribution >= 0.6 is 24.0 Å². The Morgan fingerprint density at radius 3 is 2.76 bits per heavy atom. The molecule has 33 heavy (non-hydrogen) atoms. The first-order valence-electron chi connectivity index (χ1n) is 11.1. The maximum absolute atomic E-state index is 5.47. The van der Waals surface area contributed by atoms with E-state index in [0.717, 1.165) is 69.0 Å². The van der Waals surface area contributed by atoms with Gasteiger partial charge in [0.1, 0.15) is 30.2 Å². The predicted octanol–water partition coefficient (Wildman–Crippen LogP) is 3.03. The Morgan fingerprint density at radius 2 is 2.03 bits per heavy atom. The van der Waals surface area contributed by atoms with Crippen LogP contribution in [0.2, 0.25) is 0 Å². The van der Waals surface area contributed by atoms with E-state index in [1.54, 1.807) is 19.7 Å². The molecule has 9 nitrogen and oxygen atoms in total. The molecule has 1 fully saturated rings. The Kier molecular flexibility index (Phi) is 9.40. The highest BCUT2D eigenvalue weighted by atomic mass is 127. The Bertz CT molecular complexity index is 998. The first-order valence-corrected chi connectivity index (χ1v) is 11.1. The minimum Gasteiger partial charge on any atom is -0.497 e. The lowest BCUT2D eigenvalue weighted by Crippen LogP contribution is -2.53. The highest BCUT2D eigenvalue weighted by molar-refractivity contribution is 14.0. The topological polar surface area (TPSA) is 84.0 Å². The number of nitrogens with one attached hydrogen (secondary N) is 1. The minimum atomic E-state index is 0. The summed E-state index contributed by atoms with van der Waals surface area (Å²) in [5, 5.41) is 11.7. The van der Waals surface area contributed by atoms with E-state index in [4.69, 9.17) is 14.1 Å². The lowest BCUT2D eigenvalue weighted by Gasteiger charge is -2.38. The second kappa shape index (κ2) is 12.5. The minimum absolute atomic E-state index is 0. The molecule has 4 rings (SSSR count). The van der Waals surface area contributed by atoms with Gasteiger partial charge in [-0.2, -0.15) is 0 Å². The van der Waals surface area contributed by atoms with E-state index in [-0.39, 0.29) is 24.0 Å². The summed E-state index contributed by atoms with van der Waals surface area (Å²) in [5.41, 5.74) is 1.19. The number of hydrogen-bond donors (Lipinski definition) is 1. The van der Waals surface area contributed by atoms with Crippen molar-refractivity contribution in [3.8, 4) is 5.75 Å². The number of aromatic nitrogens is 3. The van der Waals surface area contributed by atoms with Crippen molar-refractivity contribution in [3.05, 3.63) is 60.6 Å². The number of nitrogens with zero attached hydrogens (tertiary/aromatic N) is 6. The fraction of sp³-hybridized carbons (Fsp3) is 0.435. The zero-order chi connectivity index (χ0) is 22.2. The van der Waals surface area contributed by atoms with Crippen molar-refractivity contribution in [2.45, 2.75) is 26.4 Å². The van der Waals surface area contributed by atoms with Crippen LogP contribution in [-0.4, -0.2) is 65.5 Å². The molecule has 1 N–H and O–H groups in total. The standard InChI is InChI=1S/C23H31N7O2.HI/c1-3-22-27-26-18-30(22)10-9-24-23(25-17-21-8-5-15-32-21)29-13-11-28(12-14-29)19-6-4-7-20(16-19)31-2;/h4-8,15-16,18H,3,9-14,17H2,1-2H3,(H,24,25);1H. The number of rotatable bonds is 8. The molecule has 0 saturated carbocycles. The van der Waals surface area contributed by atoms with E-state index in [2.05, 4.69) is 48.9 Å². The van der Waals surface area contributed by atoms with Crippen molar-refractivity contribution in [1.82, 2.24) is 25.0 Å². The average Bonchev–Trinajstić information content (AvgIpc) is 3.53. The third-order valence-corrected chi connectivity index (χ3v) is 5.61. The van der Waals surface area contributed by atoms with E-state index in [1.165, 1.54) is 5.69 Å². The molecule has 1 aliphatic rings. The summed E-state index contributed by atoms with van der Waals surface area (Å²) >= 11 is 0. The van der Waals surface area contributed by atoms with Crippen molar-refractivity contribution in [2.24, 2.45) is 4.99 Å². The molecule has 0 bridgehead atoms. The van der Waals surface area contributed by atoms with Gasteiger partial charge >= 0.3 is 0 Å². The number of anilines is 1. The smallest absolute Gasteiger partial charge is 0.194 e. The number of halogens is 1. The zero-order valence-electron chi connectivity index (χ0n) is 19.2. The molecule has 1 aliphatic heterocycles. The molecule has 0 amide bonds. The van der Waals surface area contributed by atoms with Gasteiger partial charge in [0, 0.05) is 57.4 Å². The number of hydrogen-bond acceptors (Lipinski definition) is 6. The van der Waals surface area contributed by atoms with Crippen LogP contribution in [0.15, 0.2) is 58.4 Å².